The highest BCUT2D eigenvalue weighted by Gasteiger charge is 2.48. The van der Waals surface area contributed by atoms with Gasteiger partial charge in [-0.05, 0) is 48.7 Å². The Kier molecular flexibility index (Phi) is 8.07. The van der Waals surface area contributed by atoms with Gasteiger partial charge in [0.25, 0.3) is 0 Å². The van der Waals surface area contributed by atoms with Gasteiger partial charge in [0.05, 0.1) is 0 Å². The standard InChI is InChI=1S/C26H42Si2/c1-27(2,3)23-15-13-21-25(17-9-7-10-18-25)26(19-11-8-12-20-26)22-14-16-24-28(4,5)6/h13-14,21-22H,7-12,17-20H2,1-6H3/b21-13+,22-14+. The number of rotatable bonds is 3. The minimum atomic E-state index is -1.31. The second kappa shape index (κ2) is 9.69. The van der Waals surface area contributed by atoms with Crippen molar-refractivity contribution in [2.45, 2.75) is 103 Å². The lowest BCUT2D eigenvalue weighted by Crippen LogP contribution is -2.42. The Labute approximate surface area is 177 Å². The molecule has 0 radical (unpaired) electrons. The average molecular weight is 411 g/mol. The largest absolute Gasteiger partial charge is 0.129 e. The Balaban J connectivity index is 2.38. The molecule has 0 unspecified atom stereocenters. The van der Waals surface area contributed by atoms with E-state index in [0.717, 1.165) is 0 Å². The van der Waals surface area contributed by atoms with Crippen molar-refractivity contribution < 1.29 is 0 Å². The predicted octanol–water partition coefficient (Wildman–Crippen LogP) is 7.76. The lowest BCUT2D eigenvalue weighted by atomic mass is 9.52. The summed E-state index contributed by atoms with van der Waals surface area (Å²) in [4.78, 5) is 0. The lowest BCUT2D eigenvalue weighted by molar-refractivity contribution is 0.0490. The fraction of sp³-hybridized carbons (Fsp3) is 0.692. The van der Waals surface area contributed by atoms with Crippen molar-refractivity contribution in [2.24, 2.45) is 10.8 Å². The van der Waals surface area contributed by atoms with Crippen LogP contribution in [0.3, 0.4) is 0 Å². The van der Waals surface area contributed by atoms with Gasteiger partial charge in [0, 0.05) is 0 Å². The normalized spacial score (nSPS) is 22.4. The molecule has 2 aliphatic carbocycles. The quantitative estimate of drug-likeness (QED) is 0.329. The van der Waals surface area contributed by atoms with Gasteiger partial charge in [0.1, 0.15) is 16.1 Å². The molecule has 0 aromatic carbocycles. The van der Waals surface area contributed by atoms with Crippen LogP contribution >= 0.6 is 0 Å². The summed E-state index contributed by atoms with van der Waals surface area (Å²) in [6, 6.07) is 0. The van der Waals surface area contributed by atoms with Crippen LogP contribution in [0.1, 0.15) is 64.2 Å². The maximum Gasteiger partial charge on any atom is 0.129 e. The molecular weight excluding hydrogens is 368 g/mol. The Morgan fingerprint density at radius 2 is 0.857 bits per heavy atom. The second-order valence-electron chi connectivity index (χ2n) is 11.1. The molecule has 0 N–H and O–H groups in total. The van der Waals surface area contributed by atoms with E-state index in [1.807, 2.05) is 0 Å². The predicted molar refractivity (Wildman–Crippen MR) is 132 cm³/mol. The lowest BCUT2D eigenvalue weighted by Gasteiger charge is -2.52. The Hall–Kier alpha value is -0.966. The van der Waals surface area contributed by atoms with Crippen LogP contribution in [-0.4, -0.2) is 16.1 Å². The minimum Gasteiger partial charge on any atom is -0.127 e. The van der Waals surface area contributed by atoms with Crippen molar-refractivity contribution in [3.05, 3.63) is 24.3 Å². The van der Waals surface area contributed by atoms with Crippen LogP contribution in [0.15, 0.2) is 24.3 Å². The zero-order chi connectivity index (χ0) is 20.7. The smallest absolute Gasteiger partial charge is 0.127 e. The van der Waals surface area contributed by atoms with E-state index in [-0.39, 0.29) is 10.8 Å². The molecule has 154 valence electrons. The first-order chi connectivity index (χ1) is 13.1. The van der Waals surface area contributed by atoms with Crippen molar-refractivity contribution >= 4 is 16.1 Å². The van der Waals surface area contributed by atoms with Crippen LogP contribution in [0.4, 0.5) is 0 Å². The minimum absolute atomic E-state index is 0.289. The van der Waals surface area contributed by atoms with Gasteiger partial charge in [0.2, 0.25) is 0 Å². The molecule has 28 heavy (non-hydrogen) atoms. The second-order valence-corrected chi connectivity index (χ2v) is 20.6. The molecular formula is C26H42Si2. The molecule has 0 spiro atoms. The highest BCUT2D eigenvalue weighted by atomic mass is 28.3. The first-order valence-corrected chi connectivity index (χ1v) is 18.5. The van der Waals surface area contributed by atoms with E-state index in [1.54, 1.807) is 0 Å². The molecule has 0 aliphatic heterocycles. The Morgan fingerprint density at radius 1 is 0.536 bits per heavy atom. The fourth-order valence-electron chi connectivity index (χ4n) is 4.95. The summed E-state index contributed by atoms with van der Waals surface area (Å²) < 4.78 is 0. The third-order valence-corrected chi connectivity index (χ3v) is 8.14. The van der Waals surface area contributed by atoms with E-state index in [4.69, 9.17) is 0 Å². The molecule has 0 aromatic rings. The summed E-state index contributed by atoms with van der Waals surface area (Å²) in [6.07, 6.45) is 23.1. The maximum atomic E-state index is 3.53. The van der Waals surface area contributed by atoms with Crippen LogP contribution in [-0.2, 0) is 0 Å². The summed E-state index contributed by atoms with van der Waals surface area (Å²) in [5, 5.41) is 0. The molecule has 2 aliphatic rings. The van der Waals surface area contributed by atoms with Crippen molar-refractivity contribution in [3.8, 4) is 22.9 Å². The van der Waals surface area contributed by atoms with Gasteiger partial charge in [-0.15, -0.1) is 11.1 Å². The summed E-state index contributed by atoms with van der Waals surface area (Å²) in [6.45, 7) is 14.0. The van der Waals surface area contributed by atoms with Crippen molar-refractivity contribution in [1.82, 2.24) is 0 Å². The monoisotopic (exact) mass is 410 g/mol. The SMILES string of the molecule is C[Si](C)(C)C#C/C=C/C1(C2(/C=C/C#C[Si](C)(C)C)CCCCC2)CCCCC1. The third-order valence-electron chi connectivity index (χ3n) is 6.35. The van der Waals surface area contributed by atoms with E-state index >= 15 is 0 Å². The maximum absolute atomic E-state index is 3.53. The summed E-state index contributed by atoms with van der Waals surface area (Å²) in [7, 11) is -2.62. The van der Waals surface area contributed by atoms with E-state index in [1.165, 1.54) is 64.2 Å². The number of hydrogen-bond donors (Lipinski definition) is 0. The molecule has 2 rings (SSSR count). The van der Waals surface area contributed by atoms with Crippen molar-refractivity contribution in [3.63, 3.8) is 0 Å². The molecule has 2 heteroatoms. The topological polar surface area (TPSA) is 0 Å². The summed E-state index contributed by atoms with van der Waals surface area (Å²) >= 11 is 0. The molecule has 0 saturated heterocycles. The molecule has 0 heterocycles. The van der Waals surface area contributed by atoms with Crippen molar-refractivity contribution in [2.75, 3.05) is 0 Å². The van der Waals surface area contributed by atoms with Gasteiger partial charge >= 0.3 is 0 Å². The van der Waals surface area contributed by atoms with E-state index < -0.39 is 16.1 Å². The van der Waals surface area contributed by atoms with E-state index in [2.05, 4.69) is 86.5 Å². The highest BCUT2D eigenvalue weighted by Crippen LogP contribution is 2.58. The molecule has 2 saturated carbocycles. The molecule has 0 aromatic heterocycles. The van der Waals surface area contributed by atoms with Crippen molar-refractivity contribution in [1.29, 1.82) is 0 Å². The van der Waals surface area contributed by atoms with E-state index in [0.29, 0.717) is 0 Å². The first kappa shape index (κ1) is 23.3. The van der Waals surface area contributed by atoms with Gasteiger partial charge in [-0.3, -0.25) is 0 Å². The number of allylic oxidation sites excluding steroid dienone is 4. The van der Waals surface area contributed by atoms with Crippen LogP contribution < -0.4 is 0 Å². The summed E-state index contributed by atoms with van der Waals surface area (Å²) in [5.41, 5.74) is 7.64. The highest BCUT2D eigenvalue weighted by molar-refractivity contribution is 6.84. The zero-order valence-electron chi connectivity index (χ0n) is 19.4. The van der Waals surface area contributed by atoms with Crippen LogP contribution in [0.2, 0.25) is 39.3 Å². The fourth-order valence-corrected chi connectivity index (χ4v) is 5.98. The first-order valence-electron chi connectivity index (χ1n) is 11.5. The third kappa shape index (κ3) is 6.82. The van der Waals surface area contributed by atoms with Gasteiger partial charge in [-0.25, -0.2) is 0 Å². The molecule has 2 fully saturated rings. The Morgan fingerprint density at radius 3 is 1.14 bits per heavy atom. The van der Waals surface area contributed by atoms with Gasteiger partial charge < -0.3 is 0 Å². The van der Waals surface area contributed by atoms with Crippen LogP contribution in [0.25, 0.3) is 0 Å². The average Bonchev–Trinajstić information content (AvgIpc) is 2.62. The molecule has 0 amide bonds. The van der Waals surface area contributed by atoms with Gasteiger partial charge in [0.15, 0.2) is 0 Å². The number of hydrogen-bond acceptors (Lipinski definition) is 0. The van der Waals surface area contributed by atoms with Crippen LogP contribution in [0.5, 0.6) is 0 Å². The van der Waals surface area contributed by atoms with Crippen LogP contribution in [0, 0.1) is 33.8 Å². The van der Waals surface area contributed by atoms with Gasteiger partial charge in [-0.2, -0.15) is 0 Å². The summed E-state index contributed by atoms with van der Waals surface area (Å²) in [5.74, 6) is 6.85. The van der Waals surface area contributed by atoms with E-state index in [9.17, 15) is 0 Å². The molecule has 0 atom stereocenters. The Bertz CT molecular complexity index is 615. The molecule has 0 nitrogen and oxygen atoms in total. The molecule has 0 bridgehead atoms. The van der Waals surface area contributed by atoms with Gasteiger partial charge in [-0.1, -0.05) is 102 Å². The zero-order valence-corrected chi connectivity index (χ0v) is 21.4.